The van der Waals surface area contributed by atoms with Crippen molar-refractivity contribution in [2.24, 2.45) is 5.92 Å². The van der Waals surface area contributed by atoms with Crippen LogP contribution in [-0.2, 0) is 12.5 Å². The van der Waals surface area contributed by atoms with Gasteiger partial charge in [0.15, 0.2) is 6.29 Å². The Morgan fingerprint density at radius 2 is 2.15 bits per heavy atom. The van der Waals surface area contributed by atoms with Crippen LogP contribution in [0.3, 0.4) is 0 Å². The molecule has 1 fully saturated rings. The summed E-state index contributed by atoms with van der Waals surface area (Å²) in [5, 5.41) is 14.3. The Bertz CT molecular complexity index is 878. The fraction of sp³-hybridized carbons (Fsp3) is 0.500. The molecule has 1 aromatic carbocycles. The van der Waals surface area contributed by atoms with Crippen LogP contribution < -0.4 is 4.74 Å². The number of hydrogen-bond acceptors (Lipinski definition) is 4. The molecule has 2 atom stereocenters. The number of carbonyl (C=O) groups excluding carboxylic acids is 1. The Morgan fingerprint density at radius 1 is 1.37 bits per heavy atom. The lowest BCUT2D eigenvalue weighted by Crippen LogP contribution is -2.32. The molecule has 0 amide bonds. The molecular formula is C20H22F2N2O3. The van der Waals surface area contributed by atoms with E-state index in [-0.39, 0.29) is 46.6 Å². The molecule has 0 bridgehead atoms. The Morgan fingerprint density at radius 3 is 2.93 bits per heavy atom. The van der Waals surface area contributed by atoms with Crippen molar-refractivity contribution in [3.63, 3.8) is 0 Å². The van der Waals surface area contributed by atoms with Crippen molar-refractivity contribution < 1.29 is 23.4 Å². The van der Waals surface area contributed by atoms with Crippen LogP contribution in [0.2, 0.25) is 0 Å². The zero-order valence-corrected chi connectivity index (χ0v) is 15.1. The van der Waals surface area contributed by atoms with E-state index in [1.165, 1.54) is 17.7 Å². The van der Waals surface area contributed by atoms with Gasteiger partial charge in [0.1, 0.15) is 18.0 Å². The normalized spacial score (nSPS) is 24.1. The monoisotopic (exact) mass is 376 g/mol. The highest BCUT2D eigenvalue weighted by atomic mass is 19.3. The summed E-state index contributed by atoms with van der Waals surface area (Å²) in [6.07, 6.45) is 5.88. The molecule has 0 saturated heterocycles. The molecule has 1 aliphatic carbocycles. The number of halogens is 2. The molecule has 1 aliphatic heterocycles. The summed E-state index contributed by atoms with van der Waals surface area (Å²) in [5.74, 6) is -3.57. The molecule has 0 spiro atoms. The number of aldehydes is 1. The van der Waals surface area contributed by atoms with E-state index < -0.39 is 12.5 Å². The summed E-state index contributed by atoms with van der Waals surface area (Å²) >= 11 is 0. The fourth-order valence-electron chi connectivity index (χ4n) is 4.40. The largest absolute Gasteiger partial charge is 0.507 e. The molecular weight excluding hydrogens is 354 g/mol. The van der Waals surface area contributed by atoms with Gasteiger partial charge in [-0.05, 0) is 37.5 Å². The summed E-state index contributed by atoms with van der Waals surface area (Å²) in [7, 11) is 0. The number of carbonyl (C=O) groups is 1. The van der Waals surface area contributed by atoms with Crippen molar-refractivity contribution in [3.05, 3.63) is 40.7 Å². The number of aromatic hydroxyl groups is 1. The highest BCUT2D eigenvalue weighted by molar-refractivity contribution is 5.85. The summed E-state index contributed by atoms with van der Waals surface area (Å²) in [4.78, 5) is 11.6. The van der Waals surface area contributed by atoms with Crippen molar-refractivity contribution in [1.29, 1.82) is 0 Å². The van der Waals surface area contributed by atoms with Gasteiger partial charge >= 0.3 is 0 Å². The number of hydrogen-bond donors (Lipinski definition) is 1. The van der Waals surface area contributed by atoms with Gasteiger partial charge in [-0.25, -0.2) is 0 Å². The number of fused-ring (bicyclic) bond motifs is 4. The van der Waals surface area contributed by atoms with Crippen molar-refractivity contribution in [2.45, 2.75) is 51.0 Å². The number of nitrogens with zero attached hydrogens (tertiary/aromatic N) is 2. The minimum Gasteiger partial charge on any atom is -0.507 e. The first-order valence-corrected chi connectivity index (χ1v) is 9.27. The number of phenols is 1. The van der Waals surface area contributed by atoms with Crippen LogP contribution in [0.1, 0.15) is 58.8 Å². The molecule has 7 heteroatoms. The maximum absolute atomic E-state index is 15.2. The minimum absolute atomic E-state index is 0.0947. The van der Waals surface area contributed by atoms with Crippen LogP contribution in [0.4, 0.5) is 8.78 Å². The minimum atomic E-state index is -3.30. The molecule has 2 aromatic rings. The number of ether oxygens (including phenoxy) is 1. The molecule has 0 radical (unpaired) electrons. The standard InChI is InChI=1S/C20H22F2N2O3/c1-12-8-16-19(15(9-25)18(12)26)27-10-13-4-2-3-5-14(13)17-6-7-23-24(17)11-20(16,21)22/h6-9,13-14,26H,2-5,10-11H2,1H3. The van der Waals surface area contributed by atoms with E-state index in [1.54, 1.807) is 6.20 Å². The second kappa shape index (κ2) is 6.62. The molecule has 2 heterocycles. The van der Waals surface area contributed by atoms with E-state index in [4.69, 9.17) is 4.74 Å². The van der Waals surface area contributed by atoms with Gasteiger partial charge in [0.05, 0.1) is 17.7 Å². The third kappa shape index (κ3) is 2.99. The van der Waals surface area contributed by atoms with Crippen molar-refractivity contribution in [3.8, 4) is 11.5 Å². The average molecular weight is 376 g/mol. The lowest BCUT2D eigenvalue weighted by Gasteiger charge is -2.34. The van der Waals surface area contributed by atoms with Gasteiger partial charge < -0.3 is 9.84 Å². The predicted octanol–water partition coefficient (Wildman–Crippen LogP) is 4.17. The van der Waals surface area contributed by atoms with Gasteiger partial charge in [0, 0.05) is 23.7 Å². The van der Waals surface area contributed by atoms with Crippen LogP contribution in [0.5, 0.6) is 11.5 Å². The first kappa shape index (κ1) is 17.9. The number of benzene rings is 1. The summed E-state index contributed by atoms with van der Waals surface area (Å²) in [5.41, 5.74) is 0.443. The van der Waals surface area contributed by atoms with Crippen LogP contribution in [0.25, 0.3) is 0 Å². The second-order valence-corrected chi connectivity index (χ2v) is 7.53. The highest BCUT2D eigenvalue weighted by Gasteiger charge is 2.41. The molecule has 1 N–H and O–H groups in total. The van der Waals surface area contributed by atoms with Crippen LogP contribution >= 0.6 is 0 Å². The Balaban J connectivity index is 1.89. The number of aryl methyl sites for hydroxylation is 1. The zero-order chi connectivity index (χ0) is 19.2. The Kier molecular flexibility index (Phi) is 4.40. The van der Waals surface area contributed by atoms with Crippen LogP contribution in [0.15, 0.2) is 18.3 Å². The Hall–Kier alpha value is -2.44. The third-order valence-electron chi connectivity index (χ3n) is 5.82. The number of aromatic nitrogens is 2. The van der Waals surface area contributed by atoms with E-state index in [2.05, 4.69) is 5.10 Å². The van der Waals surface area contributed by atoms with Gasteiger partial charge in [-0.2, -0.15) is 13.9 Å². The third-order valence-corrected chi connectivity index (χ3v) is 5.82. The molecule has 144 valence electrons. The molecule has 2 unspecified atom stereocenters. The topological polar surface area (TPSA) is 64.3 Å². The summed E-state index contributed by atoms with van der Waals surface area (Å²) < 4.78 is 37.6. The molecule has 4 rings (SSSR count). The SMILES string of the molecule is Cc1cc2c(c(C=O)c1O)OCC1CCCCC1c1ccnn1CC2(F)F. The molecule has 1 saturated carbocycles. The smallest absolute Gasteiger partial charge is 0.296 e. The predicted molar refractivity (Wildman–Crippen MR) is 94.5 cm³/mol. The Labute approximate surface area is 155 Å². The fourth-order valence-corrected chi connectivity index (χ4v) is 4.40. The lowest BCUT2D eigenvalue weighted by molar-refractivity contribution is -0.0312. The lowest BCUT2D eigenvalue weighted by atomic mass is 9.77. The molecule has 2 aliphatic rings. The summed E-state index contributed by atoms with van der Waals surface area (Å²) in [6, 6.07) is 3.03. The van der Waals surface area contributed by atoms with Gasteiger partial charge in [-0.15, -0.1) is 0 Å². The van der Waals surface area contributed by atoms with Gasteiger partial charge in [0.25, 0.3) is 5.92 Å². The average Bonchev–Trinajstić information content (AvgIpc) is 3.09. The second-order valence-electron chi connectivity index (χ2n) is 7.53. The zero-order valence-electron chi connectivity index (χ0n) is 15.1. The van der Waals surface area contributed by atoms with Gasteiger partial charge in [-0.1, -0.05) is 12.8 Å². The maximum atomic E-state index is 15.2. The van der Waals surface area contributed by atoms with Crippen molar-refractivity contribution in [2.75, 3.05) is 6.61 Å². The van der Waals surface area contributed by atoms with Crippen LogP contribution in [0, 0.1) is 12.8 Å². The number of phenolic OH excluding ortho intramolecular Hbond substituents is 1. The molecule has 5 nitrogen and oxygen atoms in total. The van der Waals surface area contributed by atoms with Gasteiger partial charge in [-0.3, -0.25) is 9.48 Å². The first-order valence-electron chi connectivity index (χ1n) is 9.27. The van der Waals surface area contributed by atoms with E-state index >= 15 is 8.78 Å². The highest BCUT2D eigenvalue weighted by Crippen LogP contribution is 2.46. The van der Waals surface area contributed by atoms with E-state index in [9.17, 15) is 9.90 Å². The quantitative estimate of drug-likeness (QED) is 0.759. The van der Waals surface area contributed by atoms with E-state index in [0.29, 0.717) is 6.29 Å². The summed E-state index contributed by atoms with van der Waals surface area (Å²) in [6.45, 7) is 1.09. The van der Waals surface area contributed by atoms with Crippen molar-refractivity contribution >= 4 is 6.29 Å². The van der Waals surface area contributed by atoms with E-state index in [1.807, 2.05) is 6.07 Å². The van der Waals surface area contributed by atoms with Crippen LogP contribution in [-0.4, -0.2) is 27.8 Å². The van der Waals surface area contributed by atoms with E-state index in [0.717, 1.165) is 31.4 Å². The number of rotatable bonds is 1. The van der Waals surface area contributed by atoms with Gasteiger partial charge in [0.2, 0.25) is 0 Å². The number of alkyl halides is 2. The molecule has 27 heavy (non-hydrogen) atoms. The van der Waals surface area contributed by atoms with Crippen molar-refractivity contribution in [1.82, 2.24) is 9.78 Å². The first-order chi connectivity index (χ1) is 12.9. The molecule has 1 aromatic heterocycles. The maximum Gasteiger partial charge on any atom is 0.296 e.